The SMILES string of the molecule is CCCOc1cccc(/C(O)=C2\C(=O)C(=O)N(c3cc(C)cc(C)c3)C2c2ccc(F)cc2)c1. The van der Waals surface area contributed by atoms with E-state index in [4.69, 9.17) is 4.74 Å². The van der Waals surface area contributed by atoms with E-state index in [2.05, 4.69) is 0 Å². The number of benzene rings is 3. The fourth-order valence-corrected chi connectivity index (χ4v) is 4.26. The Balaban J connectivity index is 1.91. The van der Waals surface area contributed by atoms with Crippen molar-refractivity contribution in [1.82, 2.24) is 0 Å². The number of hydrogen-bond acceptors (Lipinski definition) is 4. The van der Waals surface area contributed by atoms with Gasteiger partial charge in [-0.05, 0) is 73.4 Å². The number of aryl methyl sites for hydroxylation is 2. The summed E-state index contributed by atoms with van der Waals surface area (Å²) in [5.41, 5.74) is 3.21. The first kappa shape index (κ1) is 23.2. The van der Waals surface area contributed by atoms with Gasteiger partial charge in [0.25, 0.3) is 11.7 Å². The van der Waals surface area contributed by atoms with Crippen molar-refractivity contribution in [2.45, 2.75) is 33.2 Å². The minimum atomic E-state index is -0.915. The summed E-state index contributed by atoms with van der Waals surface area (Å²) < 4.78 is 19.4. The van der Waals surface area contributed by atoms with Crippen LogP contribution in [0.1, 0.15) is 41.6 Å². The second-order valence-electron chi connectivity index (χ2n) is 8.44. The molecule has 5 nitrogen and oxygen atoms in total. The van der Waals surface area contributed by atoms with Gasteiger partial charge in [-0.15, -0.1) is 0 Å². The molecule has 6 heteroatoms. The van der Waals surface area contributed by atoms with E-state index in [9.17, 15) is 19.1 Å². The lowest BCUT2D eigenvalue weighted by Gasteiger charge is -2.26. The van der Waals surface area contributed by atoms with Crippen molar-refractivity contribution in [1.29, 1.82) is 0 Å². The molecule has 1 aliphatic rings. The minimum absolute atomic E-state index is 0.0524. The third-order valence-electron chi connectivity index (χ3n) is 5.70. The van der Waals surface area contributed by atoms with Crippen molar-refractivity contribution in [2.24, 2.45) is 0 Å². The first-order valence-electron chi connectivity index (χ1n) is 11.2. The highest BCUT2D eigenvalue weighted by Crippen LogP contribution is 2.42. The molecular weight excluding hydrogens is 433 g/mol. The van der Waals surface area contributed by atoms with Gasteiger partial charge in [0.2, 0.25) is 0 Å². The Morgan fingerprint density at radius 2 is 1.68 bits per heavy atom. The second kappa shape index (κ2) is 9.51. The Morgan fingerprint density at radius 3 is 2.32 bits per heavy atom. The van der Waals surface area contributed by atoms with Crippen LogP contribution in [0, 0.1) is 19.7 Å². The van der Waals surface area contributed by atoms with Crippen LogP contribution in [0.3, 0.4) is 0 Å². The quantitative estimate of drug-likeness (QED) is 0.285. The van der Waals surface area contributed by atoms with Crippen LogP contribution in [0.25, 0.3) is 5.76 Å². The summed E-state index contributed by atoms with van der Waals surface area (Å²) in [6, 6.07) is 17.0. The molecule has 1 amide bonds. The van der Waals surface area contributed by atoms with Gasteiger partial charge in [-0.2, -0.15) is 0 Å². The average Bonchev–Trinajstić information content (AvgIpc) is 3.07. The highest BCUT2D eigenvalue weighted by molar-refractivity contribution is 6.51. The smallest absolute Gasteiger partial charge is 0.300 e. The summed E-state index contributed by atoms with van der Waals surface area (Å²) in [5.74, 6) is -1.74. The lowest BCUT2D eigenvalue weighted by Crippen LogP contribution is -2.29. The van der Waals surface area contributed by atoms with Gasteiger partial charge in [0.05, 0.1) is 18.2 Å². The van der Waals surface area contributed by atoms with E-state index >= 15 is 0 Å². The number of Topliss-reactive ketones (excluding diaryl/α,β-unsaturated/α-hetero) is 1. The fraction of sp³-hybridized carbons (Fsp3) is 0.214. The molecule has 1 heterocycles. The van der Waals surface area contributed by atoms with E-state index in [0.717, 1.165) is 17.5 Å². The Morgan fingerprint density at radius 1 is 1.00 bits per heavy atom. The van der Waals surface area contributed by atoms with Gasteiger partial charge < -0.3 is 9.84 Å². The summed E-state index contributed by atoms with van der Waals surface area (Å²) >= 11 is 0. The second-order valence-corrected chi connectivity index (χ2v) is 8.44. The Kier molecular flexibility index (Phi) is 6.50. The first-order chi connectivity index (χ1) is 16.3. The molecule has 1 atom stereocenters. The summed E-state index contributed by atoms with van der Waals surface area (Å²) in [6.45, 7) is 6.31. The van der Waals surface area contributed by atoms with Crippen molar-refractivity contribution in [3.8, 4) is 5.75 Å². The highest BCUT2D eigenvalue weighted by atomic mass is 19.1. The van der Waals surface area contributed by atoms with Crippen molar-refractivity contribution in [2.75, 3.05) is 11.5 Å². The molecule has 4 rings (SSSR count). The maximum Gasteiger partial charge on any atom is 0.300 e. The van der Waals surface area contributed by atoms with Crippen LogP contribution in [0.2, 0.25) is 0 Å². The zero-order valence-electron chi connectivity index (χ0n) is 19.3. The minimum Gasteiger partial charge on any atom is -0.507 e. The third-order valence-corrected chi connectivity index (χ3v) is 5.70. The predicted molar refractivity (Wildman–Crippen MR) is 129 cm³/mol. The van der Waals surface area contributed by atoms with Crippen LogP contribution >= 0.6 is 0 Å². The molecule has 0 bridgehead atoms. The summed E-state index contributed by atoms with van der Waals surface area (Å²) in [4.78, 5) is 27.9. The van der Waals surface area contributed by atoms with Crippen molar-refractivity contribution in [3.05, 3.63) is 100 Å². The Hall–Kier alpha value is -3.93. The number of carbonyl (C=O) groups is 2. The normalized spacial score (nSPS) is 17.3. The molecular formula is C28H26FNO4. The van der Waals surface area contributed by atoms with E-state index in [1.54, 1.807) is 24.3 Å². The molecule has 34 heavy (non-hydrogen) atoms. The summed E-state index contributed by atoms with van der Waals surface area (Å²) in [7, 11) is 0. The number of anilines is 1. The van der Waals surface area contributed by atoms with E-state index in [1.807, 2.05) is 39.0 Å². The van der Waals surface area contributed by atoms with Gasteiger partial charge in [-0.3, -0.25) is 14.5 Å². The number of halogens is 1. The number of ether oxygens (including phenoxy) is 1. The number of ketones is 1. The lowest BCUT2D eigenvalue weighted by atomic mass is 9.95. The number of carbonyl (C=O) groups excluding carboxylic acids is 2. The highest BCUT2D eigenvalue weighted by Gasteiger charge is 2.47. The van der Waals surface area contributed by atoms with Gasteiger partial charge >= 0.3 is 0 Å². The zero-order valence-corrected chi connectivity index (χ0v) is 19.3. The van der Waals surface area contributed by atoms with Gasteiger partial charge in [0, 0.05) is 11.3 Å². The topological polar surface area (TPSA) is 66.8 Å². The maximum absolute atomic E-state index is 13.7. The molecule has 1 fully saturated rings. The van der Waals surface area contributed by atoms with E-state index < -0.39 is 23.5 Å². The first-order valence-corrected chi connectivity index (χ1v) is 11.2. The zero-order chi connectivity index (χ0) is 24.4. The van der Waals surface area contributed by atoms with E-state index in [-0.39, 0.29) is 11.3 Å². The van der Waals surface area contributed by atoms with Crippen LogP contribution in [-0.2, 0) is 9.59 Å². The van der Waals surface area contributed by atoms with Crippen molar-refractivity contribution in [3.63, 3.8) is 0 Å². The van der Waals surface area contributed by atoms with Crippen LogP contribution < -0.4 is 9.64 Å². The number of hydrogen-bond donors (Lipinski definition) is 1. The van der Waals surface area contributed by atoms with E-state index in [1.165, 1.54) is 29.2 Å². The van der Waals surface area contributed by atoms with Crippen LogP contribution in [0.4, 0.5) is 10.1 Å². The lowest BCUT2D eigenvalue weighted by molar-refractivity contribution is -0.132. The van der Waals surface area contributed by atoms with Gasteiger partial charge in [-0.25, -0.2) is 4.39 Å². The monoisotopic (exact) mass is 459 g/mol. The fourth-order valence-electron chi connectivity index (χ4n) is 4.26. The summed E-state index contributed by atoms with van der Waals surface area (Å²) in [6.07, 6.45) is 0.821. The number of aliphatic hydroxyl groups excluding tert-OH is 1. The number of rotatable bonds is 6. The molecule has 1 N–H and O–H groups in total. The molecule has 1 unspecified atom stereocenters. The third kappa shape index (κ3) is 4.44. The summed E-state index contributed by atoms with van der Waals surface area (Å²) in [5, 5.41) is 11.3. The van der Waals surface area contributed by atoms with Crippen molar-refractivity contribution < 1.29 is 23.8 Å². The maximum atomic E-state index is 13.7. The van der Waals surface area contributed by atoms with Gasteiger partial charge in [0.1, 0.15) is 17.3 Å². The number of amides is 1. The van der Waals surface area contributed by atoms with Crippen LogP contribution in [-0.4, -0.2) is 23.4 Å². The van der Waals surface area contributed by atoms with Crippen LogP contribution in [0.5, 0.6) is 5.75 Å². The molecule has 0 saturated carbocycles. The van der Waals surface area contributed by atoms with Gasteiger partial charge in [0.15, 0.2) is 0 Å². The van der Waals surface area contributed by atoms with Crippen LogP contribution in [0.15, 0.2) is 72.3 Å². The molecule has 0 spiro atoms. The predicted octanol–water partition coefficient (Wildman–Crippen LogP) is 5.86. The molecule has 3 aromatic rings. The molecule has 1 aliphatic heterocycles. The molecule has 0 aromatic heterocycles. The standard InChI is InChI=1S/C28H26FNO4/c1-4-12-34-23-7-5-6-20(16-23)26(31)24-25(19-8-10-21(29)11-9-19)30(28(33)27(24)32)22-14-17(2)13-18(3)15-22/h5-11,13-16,25,31H,4,12H2,1-3H3/b26-24+. The Labute approximate surface area is 198 Å². The molecule has 0 radical (unpaired) electrons. The molecule has 1 saturated heterocycles. The number of aliphatic hydroxyl groups is 1. The van der Waals surface area contributed by atoms with Gasteiger partial charge in [-0.1, -0.05) is 37.3 Å². The molecule has 0 aliphatic carbocycles. The van der Waals surface area contributed by atoms with E-state index in [0.29, 0.717) is 29.2 Å². The molecule has 174 valence electrons. The average molecular weight is 460 g/mol. The Bertz CT molecular complexity index is 1260. The van der Waals surface area contributed by atoms with Crippen molar-refractivity contribution >= 4 is 23.1 Å². The number of nitrogens with zero attached hydrogens (tertiary/aromatic N) is 1. The largest absolute Gasteiger partial charge is 0.507 e. The molecule has 3 aromatic carbocycles.